The van der Waals surface area contributed by atoms with E-state index in [1.165, 1.54) is 18.2 Å². The maximum absolute atomic E-state index is 13.8. The van der Waals surface area contributed by atoms with E-state index in [1.54, 1.807) is 37.4 Å². The number of nitrogens with one attached hydrogen (secondary N) is 1. The summed E-state index contributed by atoms with van der Waals surface area (Å²) in [6, 6.07) is 13.0. The van der Waals surface area contributed by atoms with Crippen LogP contribution in [-0.4, -0.2) is 38.5 Å². The molecule has 6 nitrogen and oxygen atoms in total. The van der Waals surface area contributed by atoms with Gasteiger partial charge in [-0.05, 0) is 23.8 Å². The topological polar surface area (TPSA) is 75.7 Å². The van der Waals surface area contributed by atoms with Crippen molar-refractivity contribution in [3.8, 4) is 5.75 Å². The summed E-state index contributed by atoms with van der Waals surface area (Å²) in [6.07, 6.45) is 0.991. The van der Waals surface area contributed by atoms with Gasteiger partial charge in [-0.2, -0.15) is 4.31 Å². The smallest absolute Gasteiger partial charge is 0.235 e. The van der Waals surface area contributed by atoms with Crippen LogP contribution in [0.25, 0.3) is 0 Å². The van der Waals surface area contributed by atoms with Gasteiger partial charge in [0.05, 0.1) is 19.9 Å². The van der Waals surface area contributed by atoms with Gasteiger partial charge in [-0.3, -0.25) is 4.79 Å². The first kappa shape index (κ1) is 19.9. The van der Waals surface area contributed by atoms with Crippen LogP contribution in [0.3, 0.4) is 0 Å². The Hall–Kier alpha value is -2.45. The van der Waals surface area contributed by atoms with Crippen molar-refractivity contribution in [3.05, 3.63) is 65.5 Å². The number of sulfonamides is 1. The number of methoxy groups -OCH3 is 1. The SMILES string of the molecule is COc1ccc(CNC(=O)CN(Cc2ccccc2F)S(C)(=O)=O)cc1. The highest BCUT2D eigenvalue weighted by molar-refractivity contribution is 7.88. The van der Waals surface area contributed by atoms with Gasteiger partial charge in [-0.25, -0.2) is 12.8 Å². The Labute approximate surface area is 152 Å². The van der Waals surface area contributed by atoms with Crippen molar-refractivity contribution in [1.82, 2.24) is 9.62 Å². The molecule has 8 heteroatoms. The average molecular weight is 380 g/mol. The van der Waals surface area contributed by atoms with Gasteiger partial charge in [-0.15, -0.1) is 0 Å². The molecule has 2 rings (SSSR count). The molecule has 0 radical (unpaired) electrons. The zero-order chi connectivity index (χ0) is 19.2. The Bertz CT molecular complexity index is 854. The van der Waals surface area contributed by atoms with E-state index < -0.39 is 21.7 Å². The number of halogens is 1. The maximum atomic E-state index is 13.8. The molecule has 1 N–H and O–H groups in total. The highest BCUT2D eigenvalue weighted by atomic mass is 32.2. The number of hydrogen-bond donors (Lipinski definition) is 1. The highest BCUT2D eigenvalue weighted by Gasteiger charge is 2.21. The van der Waals surface area contributed by atoms with Gasteiger partial charge >= 0.3 is 0 Å². The standard InChI is InChI=1S/C18H21FN2O4S/c1-25-16-9-7-14(8-10-16)11-20-18(22)13-21(26(2,23)24)12-15-5-3-4-6-17(15)19/h3-10H,11-13H2,1-2H3,(H,20,22). The molecule has 140 valence electrons. The van der Waals surface area contributed by atoms with Gasteiger partial charge in [0.1, 0.15) is 11.6 Å². The molecular weight excluding hydrogens is 359 g/mol. The summed E-state index contributed by atoms with van der Waals surface area (Å²) in [5.74, 6) is -0.282. The number of rotatable bonds is 8. The molecule has 0 aliphatic carbocycles. The molecule has 0 heterocycles. The van der Waals surface area contributed by atoms with Crippen LogP contribution in [0, 0.1) is 5.82 Å². The van der Waals surface area contributed by atoms with Gasteiger partial charge < -0.3 is 10.1 Å². The predicted octanol–water partition coefficient (Wildman–Crippen LogP) is 1.91. The third-order valence-electron chi connectivity index (χ3n) is 3.74. The Morgan fingerprint density at radius 2 is 1.81 bits per heavy atom. The largest absolute Gasteiger partial charge is 0.497 e. The quantitative estimate of drug-likeness (QED) is 0.759. The lowest BCUT2D eigenvalue weighted by atomic mass is 10.2. The molecule has 2 aromatic carbocycles. The van der Waals surface area contributed by atoms with Crippen molar-refractivity contribution < 1.29 is 22.3 Å². The van der Waals surface area contributed by atoms with Gasteiger partial charge in [0.15, 0.2) is 0 Å². The normalized spacial score (nSPS) is 11.4. The molecule has 26 heavy (non-hydrogen) atoms. The van der Waals surface area contributed by atoms with Crippen LogP contribution in [0.2, 0.25) is 0 Å². The molecule has 0 aliphatic heterocycles. The molecular formula is C18H21FN2O4S. The summed E-state index contributed by atoms with van der Waals surface area (Å²) < 4.78 is 43.6. The van der Waals surface area contributed by atoms with Crippen LogP contribution in [-0.2, 0) is 27.9 Å². The monoisotopic (exact) mass is 380 g/mol. The summed E-state index contributed by atoms with van der Waals surface area (Å²) in [7, 11) is -2.12. The molecule has 0 atom stereocenters. The van der Waals surface area contributed by atoms with E-state index in [0.29, 0.717) is 5.75 Å². The third-order valence-corrected chi connectivity index (χ3v) is 4.94. The third kappa shape index (κ3) is 5.82. The predicted molar refractivity (Wildman–Crippen MR) is 96.5 cm³/mol. The van der Waals surface area contributed by atoms with Crippen molar-refractivity contribution >= 4 is 15.9 Å². The fraction of sp³-hybridized carbons (Fsp3) is 0.278. The van der Waals surface area contributed by atoms with Crippen molar-refractivity contribution in [1.29, 1.82) is 0 Å². The van der Waals surface area contributed by atoms with Gasteiger partial charge in [0.25, 0.3) is 0 Å². The summed E-state index contributed by atoms with van der Waals surface area (Å²) in [5.41, 5.74) is 1.06. The van der Waals surface area contributed by atoms with Crippen LogP contribution < -0.4 is 10.1 Å². The number of nitrogens with zero attached hydrogens (tertiary/aromatic N) is 1. The Balaban J connectivity index is 1.99. The first-order valence-corrected chi connectivity index (χ1v) is 9.72. The van der Waals surface area contributed by atoms with E-state index in [9.17, 15) is 17.6 Å². The Kier molecular flexibility index (Phi) is 6.70. The summed E-state index contributed by atoms with van der Waals surface area (Å²) in [5, 5.41) is 2.66. The number of benzene rings is 2. The van der Waals surface area contributed by atoms with E-state index in [-0.39, 0.29) is 25.2 Å². The zero-order valence-electron chi connectivity index (χ0n) is 14.6. The van der Waals surface area contributed by atoms with Crippen molar-refractivity contribution in [2.75, 3.05) is 19.9 Å². The summed E-state index contributed by atoms with van der Waals surface area (Å²) >= 11 is 0. The molecule has 2 aromatic rings. The molecule has 0 spiro atoms. The minimum atomic E-state index is -3.68. The minimum Gasteiger partial charge on any atom is -0.497 e. The van der Waals surface area contributed by atoms with Crippen LogP contribution in [0.5, 0.6) is 5.75 Å². The first-order chi connectivity index (χ1) is 12.3. The van der Waals surface area contributed by atoms with Crippen LogP contribution in [0.15, 0.2) is 48.5 Å². The van der Waals surface area contributed by atoms with Gasteiger partial charge in [-0.1, -0.05) is 30.3 Å². The van der Waals surface area contributed by atoms with Crippen molar-refractivity contribution in [2.24, 2.45) is 0 Å². The van der Waals surface area contributed by atoms with Crippen LogP contribution in [0.1, 0.15) is 11.1 Å². The fourth-order valence-corrected chi connectivity index (χ4v) is 2.99. The van der Waals surface area contributed by atoms with Gasteiger partial charge in [0, 0.05) is 18.7 Å². The van der Waals surface area contributed by atoms with Gasteiger partial charge in [0.2, 0.25) is 15.9 Å². The second-order valence-electron chi connectivity index (χ2n) is 5.75. The van der Waals surface area contributed by atoms with E-state index in [4.69, 9.17) is 4.74 Å². The molecule has 0 saturated carbocycles. The van der Waals surface area contributed by atoms with E-state index in [1.807, 2.05) is 0 Å². The number of carbonyl (C=O) groups is 1. The summed E-state index contributed by atoms with van der Waals surface area (Å²) in [6.45, 7) is -0.342. The fourth-order valence-electron chi connectivity index (χ4n) is 2.27. The highest BCUT2D eigenvalue weighted by Crippen LogP contribution is 2.13. The first-order valence-electron chi connectivity index (χ1n) is 7.88. The number of hydrogen-bond acceptors (Lipinski definition) is 4. The average Bonchev–Trinajstić information content (AvgIpc) is 2.61. The molecule has 0 saturated heterocycles. The molecule has 0 aromatic heterocycles. The second-order valence-corrected chi connectivity index (χ2v) is 7.73. The molecule has 0 fully saturated rings. The lowest BCUT2D eigenvalue weighted by Crippen LogP contribution is -2.39. The minimum absolute atomic E-state index is 0.207. The van der Waals surface area contributed by atoms with E-state index >= 15 is 0 Å². The number of ether oxygens (including phenoxy) is 1. The lowest BCUT2D eigenvalue weighted by molar-refractivity contribution is -0.121. The Morgan fingerprint density at radius 1 is 1.15 bits per heavy atom. The second kappa shape index (κ2) is 8.77. The molecule has 0 unspecified atom stereocenters. The molecule has 0 bridgehead atoms. The van der Waals surface area contributed by atoms with Crippen LogP contribution >= 0.6 is 0 Å². The Morgan fingerprint density at radius 3 is 2.38 bits per heavy atom. The van der Waals surface area contributed by atoms with E-state index in [0.717, 1.165) is 16.1 Å². The number of amides is 1. The zero-order valence-corrected chi connectivity index (χ0v) is 15.4. The van der Waals surface area contributed by atoms with Crippen molar-refractivity contribution in [2.45, 2.75) is 13.1 Å². The van der Waals surface area contributed by atoms with Crippen molar-refractivity contribution in [3.63, 3.8) is 0 Å². The van der Waals surface area contributed by atoms with Crippen LogP contribution in [0.4, 0.5) is 4.39 Å². The molecule has 1 amide bonds. The maximum Gasteiger partial charge on any atom is 0.235 e. The summed E-state index contributed by atoms with van der Waals surface area (Å²) in [4.78, 5) is 12.1. The lowest BCUT2D eigenvalue weighted by Gasteiger charge is -2.20. The molecule has 0 aliphatic rings. The van der Waals surface area contributed by atoms with E-state index in [2.05, 4.69) is 5.32 Å². The number of carbonyl (C=O) groups excluding carboxylic acids is 1.